The van der Waals surface area contributed by atoms with Crippen molar-refractivity contribution in [3.8, 4) is 0 Å². The first kappa shape index (κ1) is 15.3. The van der Waals surface area contributed by atoms with E-state index in [1.807, 2.05) is 0 Å². The summed E-state index contributed by atoms with van der Waals surface area (Å²) < 4.78 is 10.6. The third kappa shape index (κ3) is 4.45. The first-order valence-corrected chi connectivity index (χ1v) is 7.33. The Morgan fingerprint density at radius 3 is 2.60 bits per heavy atom. The van der Waals surface area contributed by atoms with Gasteiger partial charge in [0.25, 0.3) is 0 Å². The second-order valence-electron chi connectivity index (χ2n) is 5.51. The van der Waals surface area contributed by atoms with Gasteiger partial charge in [0.05, 0.1) is 25.7 Å². The van der Waals surface area contributed by atoms with Crippen molar-refractivity contribution in [3.05, 3.63) is 0 Å². The average molecular weight is 285 g/mol. The van der Waals surface area contributed by atoms with E-state index in [4.69, 9.17) is 14.6 Å². The monoisotopic (exact) mass is 285 g/mol. The van der Waals surface area contributed by atoms with E-state index in [-0.39, 0.29) is 18.4 Å². The molecule has 0 aromatic carbocycles. The largest absolute Gasteiger partial charge is 0.481 e. The first-order valence-electron chi connectivity index (χ1n) is 7.33. The summed E-state index contributed by atoms with van der Waals surface area (Å²) in [5.74, 6) is -0.263. The van der Waals surface area contributed by atoms with Crippen molar-refractivity contribution < 1.29 is 24.2 Å². The summed E-state index contributed by atoms with van der Waals surface area (Å²) in [7, 11) is 0. The molecule has 0 aliphatic carbocycles. The molecular weight excluding hydrogens is 262 g/mol. The van der Waals surface area contributed by atoms with Crippen molar-refractivity contribution in [2.75, 3.05) is 33.0 Å². The summed E-state index contributed by atoms with van der Waals surface area (Å²) >= 11 is 0. The number of carbonyl (C=O) groups excluding carboxylic acids is 1. The number of morpholine rings is 1. The zero-order valence-corrected chi connectivity index (χ0v) is 11.8. The van der Waals surface area contributed by atoms with Crippen LogP contribution >= 0.6 is 0 Å². The van der Waals surface area contributed by atoms with Crippen molar-refractivity contribution in [3.63, 3.8) is 0 Å². The molecule has 2 aliphatic heterocycles. The number of carbonyl (C=O) groups is 2. The van der Waals surface area contributed by atoms with Gasteiger partial charge in [-0.15, -0.1) is 0 Å². The quantitative estimate of drug-likeness (QED) is 0.812. The number of amides is 1. The molecule has 2 rings (SSSR count). The van der Waals surface area contributed by atoms with Gasteiger partial charge in [-0.1, -0.05) is 0 Å². The van der Waals surface area contributed by atoms with Gasteiger partial charge in [0, 0.05) is 26.2 Å². The standard InChI is InChI=1S/C14H23NO5/c16-13(2-1-11-3-6-19-7-4-11)15-5-8-20-10-12(15)9-14(17)18/h11-12H,1-10H2,(H,17,18)/t12-/m1/s1. The van der Waals surface area contributed by atoms with Crippen LogP contribution in [-0.4, -0.2) is 60.9 Å². The predicted octanol–water partition coefficient (Wildman–Crippen LogP) is 0.895. The molecule has 0 saturated carbocycles. The number of carboxylic acids is 1. The molecule has 2 aliphatic rings. The number of rotatable bonds is 5. The Labute approximate surface area is 119 Å². The lowest BCUT2D eigenvalue weighted by molar-refractivity contribution is -0.146. The Bertz CT molecular complexity index is 340. The summed E-state index contributed by atoms with van der Waals surface area (Å²) in [6, 6.07) is -0.316. The van der Waals surface area contributed by atoms with Crippen LogP contribution in [0.25, 0.3) is 0 Å². The maximum absolute atomic E-state index is 12.3. The summed E-state index contributed by atoms with van der Waals surface area (Å²) in [6.07, 6.45) is 3.38. The maximum atomic E-state index is 12.3. The smallest absolute Gasteiger partial charge is 0.305 e. The van der Waals surface area contributed by atoms with Crippen molar-refractivity contribution in [2.24, 2.45) is 5.92 Å². The molecule has 20 heavy (non-hydrogen) atoms. The lowest BCUT2D eigenvalue weighted by atomic mass is 9.94. The predicted molar refractivity (Wildman–Crippen MR) is 71.3 cm³/mol. The Morgan fingerprint density at radius 2 is 1.90 bits per heavy atom. The maximum Gasteiger partial charge on any atom is 0.305 e. The first-order chi connectivity index (χ1) is 9.66. The molecule has 0 radical (unpaired) electrons. The summed E-state index contributed by atoms with van der Waals surface area (Å²) in [5, 5.41) is 8.89. The van der Waals surface area contributed by atoms with Crippen molar-refractivity contribution in [1.29, 1.82) is 0 Å². The van der Waals surface area contributed by atoms with E-state index in [1.54, 1.807) is 4.90 Å². The van der Waals surface area contributed by atoms with Crippen molar-refractivity contribution in [2.45, 2.75) is 38.1 Å². The molecule has 2 heterocycles. The number of hydrogen-bond donors (Lipinski definition) is 1. The second-order valence-corrected chi connectivity index (χ2v) is 5.51. The molecular formula is C14H23NO5. The molecule has 0 unspecified atom stereocenters. The molecule has 0 bridgehead atoms. The normalized spacial score (nSPS) is 24.6. The van der Waals surface area contributed by atoms with Gasteiger partial charge >= 0.3 is 5.97 Å². The highest BCUT2D eigenvalue weighted by Gasteiger charge is 2.29. The number of aliphatic carboxylic acids is 1. The number of ether oxygens (including phenoxy) is 2. The minimum atomic E-state index is -0.886. The Kier molecular flexibility index (Phi) is 5.79. The number of carboxylic acid groups (broad SMARTS) is 1. The van der Waals surface area contributed by atoms with Crippen LogP contribution in [0.2, 0.25) is 0 Å². The van der Waals surface area contributed by atoms with Crippen LogP contribution in [0.4, 0.5) is 0 Å². The van der Waals surface area contributed by atoms with Crippen LogP contribution in [0.5, 0.6) is 0 Å². The molecule has 114 valence electrons. The van der Waals surface area contributed by atoms with Gasteiger partial charge in [0.15, 0.2) is 0 Å². The lowest BCUT2D eigenvalue weighted by Gasteiger charge is -2.35. The van der Waals surface area contributed by atoms with Gasteiger partial charge in [0.1, 0.15) is 0 Å². The summed E-state index contributed by atoms with van der Waals surface area (Å²) in [4.78, 5) is 24.8. The Morgan fingerprint density at radius 1 is 1.15 bits per heavy atom. The minimum Gasteiger partial charge on any atom is -0.481 e. The van der Waals surface area contributed by atoms with Crippen LogP contribution in [0.3, 0.4) is 0 Å². The zero-order valence-electron chi connectivity index (χ0n) is 11.8. The fraction of sp³-hybridized carbons (Fsp3) is 0.857. The number of nitrogens with zero attached hydrogens (tertiary/aromatic N) is 1. The van der Waals surface area contributed by atoms with Gasteiger partial charge in [0.2, 0.25) is 5.91 Å². The Hall–Kier alpha value is -1.14. The molecule has 1 amide bonds. The van der Waals surface area contributed by atoms with Crippen LogP contribution in [0.1, 0.15) is 32.1 Å². The van der Waals surface area contributed by atoms with Crippen molar-refractivity contribution in [1.82, 2.24) is 4.90 Å². The molecule has 2 saturated heterocycles. The Balaban J connectivity index is 1.80. The average Bonchev–Trinajstić information content (AvgIpc) is 2.46. The molecule has 1 N–H and O–H groups in total. The third-order valence-corrected chi connectivity index (χ3v) is 4.07. The highest BCUT2D eigenvalue weighted by atomic mass is 16.5. The topological polar surface area (TPSA) is 76.1 Å². The summed E-state index contributed by atoms with van der Waals surface area (Å²) in [5.41, 5.74) is 0. The van der Waals surface area contributed by atoms with E-state index in [9.17, 15) is 9.59 Å². The van der Waals surface area contributed by atoms with E-state index in [0.29, 0.717) is 32.1 Å². The van der Waals surface area contributed by atoms with Gasteiger partial charge < -0.3 is 19.5 Å². The molecule has 0 aromatic heterocycles. The van der Waals surface area contributed by atoms with E-state index in [1.165, 1.54) is 0 Å². The molecule has 2 fully saturated rings. The van der Waals surface area contributed by atoms with Gasteiger partial charge in [-0.05, 0) is 25.2 Å². The van der Waals surface area contributed by atoms with E-state index in [0.717, 1.165) is 32.5 Å². The highest BCUT2D eigenvalue weighted by molar-refractivity contribution is 5.77. The van der Waals surface area contributed by atoms with E-state index >= 15 is 0 Å². The van der Waals surface area contributed by atoms with E-state index < -0.39 is 5.97 Å². The molecule has 6 nitrogen and oxygen atoms in total. The van der Waals surface area contributed by atoms with Crippen LogP contribution in [0.15, 0.2) is 0 Å². The fourth-order valence-electron chi connectivity index (χ4n) is 2.86. The zero-order chi connectivity index (χ0) is 14.4. The molecule has 0 aromatic rings. The van der Waals surface area contributed by atoms with Crippen LogP contribution in [-0.2, 0) is 19.1 Å². The van der Waals surface area contributed by atoms with Crippen LogP contribution in [0, 0.1) is 5.92 Å². The van der Waals surface area contributed by atoms with E-state index in [2.05, 4.69) is 0 Å². The second kappa shape index (κ2) is 7.59. The number of hydrogen-bond acceptors (Lipinski definition) is 4. The van der Waals surface area contributed by atoms with Gasteiger partial charge in [-0.2, -0.15) is 0 Å². The lowest BCUT2D eigenvalue weighted by Crippen LogP contribution is -2.49. The summed E-state index contributed by atoms with van der Waals surface area (Å²) in [6.45, 7) is 2.91. The van der Waals surface area contributed by atoms with Crippen LogP contribution < -0.4 is 0 Å². The fourth-order valence-corrected chi connectivity index (χ4v) is 2.86. The third-order valence-electron chi connectivity index (χ3n) is 4.07. The minimum absolute atomic E-state index is 0.0387. The molecule has 1 atom stereocenters. The highest BCUT2D eigenvalue weighted by Crippen LogP contribution is 2.21. The van der Waals surface area contributed by atoms with Gasteiger partial charge in [-0.25, -0.2) is 0 Å². The molecule has 6 heteroatoms. The molecule has 0 spiro atoms. The van der Waals surface area contributed by atoms with Crippen molar-refractivity contribution >= 4 is 11.9 Å². The SMILES string of the molecule is O=C(O)C[C@@H]1COCCN1C(=O)CCC1CCOCC1. The van der Waals surface area contributed by atoms with Gasteiger partial charge in [-0.3, -0.25) is 9.59 Å².